The molecule has 4 heteroatoms. The maximum atomic E-state index is 11.7. The highest BCUT2D eigenvalue weighted by molar-refractivity contribution is 9.10. The van der Waals surface area contributed by atoms with E-state index in [0.717, 1.165) is 4.47 Å². The van der Waals surface area contributed by atoms with Gasteiger partial charge in [-0.25, -0.2) is 0 Å². The first-order chi connectivity index (χ1) is 7.00. The molecule has 1 rings (SSSR count). The van der Waals surface area contributed by atoms with Gasteiger partial charge in [0.05, 0.1) is 5.56 Å². The molecule has 0 radical (unpaired) electrons. The smallest absolute Gasteiger partial charge is 0.252 e. The van der Waals surface area contributed by atoms with Crippen LogP contribution in [-0.4, -0.2) is 12.5 Å². The Balaban J connectivity index is 2.77. The summed E-state index contributed by atoms with van der Waals surface area (Å²) < 4.78 is 0.758. The zero-order valence-corrected chi connectivity index (χ0v) is 11.0. The maximum absolute atomic E-state index is 11.7. The number of halogens is 2. The van der Waals surface area contributed by atoms with Crippen molar-refractivity contribution in [3.05, 3.63) is 33.3 Å². The molecule has 0 bridgehead atoms. The number of hydrogen-bond acceptors (Lipinski definition) is 1. The SMILES string of the molecule is CC(C)CNC(=O)c1cc(Cl)ccc1Br. The van der Waals surface area contributed by atoms with Gasteiger partial charge in [-0.2, -0.15) is 0 Å². The van der Waals surface area contributed by atoms with Gasteiger partial charge >= 0.3 is 0 Å². The largest absolute Gasteiger partial charge is 0.352 e. The third-order valence-corrected chi connectivity index (χ3v) is 2.77. The lowest BCUT2D eigenvalue weighted by atomic mass is 10.2. The van der Waals surface area contributed by atoms with Crippen LogP contribution in [0.15, 0.2) is 22.7 Å². The molecule has 0 aromatic heterocycles. The molecular weight excluding hydrogens is 277 g/mol. The van der Waals surface area contributed by atoms with Crippen molar-refractivity contribution in [2.75, 3.05) is 6.54 Å². The van der Waals surface area contributed by atoms with Crippen molar-refractivity contribution in [2.24, 2.45) is 5.92 Å². The fourth-order valence-electron chi connectivity index (χ4n) is 1.06. The summed E-state index contributed by atoms with van der Waals surface area (Å²) >= 11 is 9.14. The number of rotatable bonds is 3. The monoisotopic (exact) mass is 289 g/mol. The Morgan fingerprint density at radius 3 is 2.80 bits per heavy atom. The van der Waals surface area contributed by atoms with Crippen LogP contribution < -0.4 is 5.32 Å². The number of hydrogen-bond donors (Lipinski definition) is 1. The molecule has 0 saturated carbocycles. The first kappa shape index (κ1) is 12.5. The van der Waals surface area contributed by atoms with Crippen molar-refractivity contribution in [3.8, 4) is 0 Å². The molecule has 0 aliphatic carbocycles. The summed E-state index contributed by atoms with van der Waals surface area (Å²) in [6.45, 7) is 4.76. The molecule has 1 aromatic rings. The Kier molecular flexibility index (Phi) is 4.61. The third-order valence-electron chi connectivity index (χ3n) is 1.84. The number of benzene rings is 1. The van der Waals surface area contributed by atoms with Gasteiger partial charge in [0.25, 0.3) is 5.91 Å². The summed E-state index contributed by atoms with van der Waals surface area (Å²) in [6, 6.07) is 5.17. The number of amides is 1. The van der Waals surface area contributed by atoms with Crippen LogP contribution in [0.3, 0.4) is 0 Å². The number of nitrogens with one attached hydrogen (secondary N) is 1. The molecule has 82 valence electrons. The van der Waals surface area contributed by atoms with Gasteiger partial charge in [0, 0.05) is 16.0 Å². The molecule has 1 N–H and O–H groups in total. The predicted molar refractivity (Wildman–Crippen MR) is 66.3 cm³/mol. The average Bonchev–Trinajstić information content (AvgIpc) is 2.18. The summed E-state index contributed by atoms with van der Waals surface area (Å²) in [6.07, 6.45) is 0. The maximum Gasteiger partial charge on any atom is 0.252 e. The number of carbonyl (C=O) groups is 1. The van der Waals surface area contributed by atoms with E-state index in [9.17, 15) is 4.79 Å². The van der Waals surface area contributed by atoms with Crippen molar-refractivity contribution in [2.45, 2.75) is 13.8 Å². The number of carbonyl (C=O) groups excluding carboxylic acids is 1. The fourth-order valence-corrected chi connectivity index (χ4v) is 1.66. The quantitative estimate of drug-likeness (QED) is 0.907. The van der Waals surface area contributed by atoms with E-state index in [1.54, 1.807) is 18.2 Å². The molecule has 1 amide bonds. The lowest BCUT2D eigenvalue weighted by Crippen LogP contribution is -2.27. The third kappa shape index (κ3) is 3.84. The second-order valence-electron chi connectivity index (χ2n) is 3.73. The minimum Gasteiger partial charge on any atom is -0.352 e. The molecule has 1 aromatic carbocycles. The Morgan fingerprint density at radius 1 is 1.53 bits per heavy atom. The lowest BCUT2D eigenvalue weighted by Gasteiger charge is -2.09. The van der Waals surface area contributed by atoms with Gasteiger partial charge in [0.15, 0.2) is 0 Å². The van der Waals surface area contributed by atoms with Gasteiger partial charge in [-0.05, 0) is 40.0 Å². The molecule has 0 fully saturated rings. The van der Waals surface area contributed by atoms with Gasteiger partial charge in [0.1, 0.15) is 0 Å². The van der Waals surface area contributed by atoms with Gasteiger partial charge in [-0.3, -0.25) is 4.79 Å². The van der Waals surface area contributed by atoms with Crippen molar-refractivity contribution < 1.29 is 4.79 Å². The summed E-state index contributed by atoms with van der Waals surface area (Å²) in [5.41, 5.74) is 0.572. The van der Waals surface area contributed by atoms with E-state index in [-0.39, 0.29) is 5.91 Å². The highest BCUT2D eigenvalue weighted by atomic mass is 79.9. The van der Waals surface area contributed by atoms with E-state index in [1.165, 1.54) is 0 Å². The second kappa shape index (κ2) is 5.52. The van der Waals surface area contributed by atoms with E-state index in [4.69, 9.17) is 11.6 Å². The van der Waals surface area contributed by atoms with E-state index in [2.05, 4.69) is 21.2 Å². The molecule has 0 spiro atoms. The zero-order chi connectivity index (χ0) is 11.4. The van der Waals surface area contributed by atoms with Crippen LogP contribution in [0, 0.1) is 5.92 Å². The second-order valence-corrected chi connectivity index (χ2v) is 5.02. The van der Waals surface area contributed by atoms with Crippen LogP contribution in [0.5, 0.6) is 0 Å². The van der Waals surface area contributed by atoms with Crippen LogP contribution in [0.1, 0.15) is 24.2 Å². The first-order valence-electron chi connectivity index (χ1n) is 4.74. The van der Waals surface area contributed by atoms with E-state index in [1.807, 2.05) is 13.8 Å². The standard InChI is InChI=1S/C11H13BrClNO/c1-7(2)6-14-11(15)9-5-8(13)3-4-10(9)12/h3-5,7H,6H2,1-2H3,(H,14,15). The summed E-state index contributed by atoms with van der Waals surface area (Å²) in [7, 11) is 0. The summed E-state index contributed by atoms with van der Waals surface area (Å²) in [5.74, 6) is 0.338. The van der Waals surface area contributed by atoms with E-state index >= 15 is 0 Å². The van der Waals surface area contributed by atoms with Crippen LogP contribution in [0.25, 0.3) is 0 Å². The van der Waals surface area contributed by atoms with Crippen LogP contribution in [0.2, 0.25) is 5.02 Å². The average molecular weight is 291 g/mol. The molecule has 15 heavy (non-hydrogen) atoms. The lowest BCUT2D eigenvalue weighted by molar-refractivity contribution is 0.0948. The molecule has 0 saturated heterocycles. The minimum atomic E-state index is -0.0990. The highest BCUT2D eigenvalue weighted by Crippen LogP contribution is 2.20. The van der Waals surface area contributed by atoms with Crippen molar-refractivity contribution in [3.63, 3.8) is 0 Å². The van der Waals surface area contributed by atoms with Gasteiger partial charge < -0.3 is 5.32 Å². The molecule has 0 heterocycles. The van der Waals surface area contributed by atoms with Crippen LogP contribution in [-0.2, 0) is 0 Å². The zero-order valence-electron chi connectivity index (χ0n) is 8.68. The molecular formula is C11H13BrClNO. The topological polar surface area (TPSA) is 29.1 Å². The predicted octanol–water partition coefficient (Wildman–Crippen LogP) is 3.49. The van der Waals surface area contributed by atoms with Gasteiger partial charge in [0.2, 0.25) is 0 Å². The molecule has 0 aliphatic rings. The molecule has 0 aliphatic heterocycles. The van der Waals surface area contributed by atoms with E-state index in [0.29, 0.717) is 23.0 Å². The molecule has 0 unspecified atom stereocenters. The van der Waals surface area contributed by atoms with Crippen molar-refractivity contribution in [1.29, 1.82) is 0 Å². The summed E-state index contributed by atoms with van der Waals surface area (Å²) in [5, 5.41) is 3.40. The fraction of sp³-hybridized carbons (Fsp3) is 0.364. The first-order valence-corrected chi connectivity index (χ1v) is 5.91. The highest BCUT2D eigenvalue weighted by Gasteiger charge is 2.10. The van der Waals surface area contributed by atoms with Gasteiger partial charge in [-0.1, -0.05) is 25.4 Å². The Labute approximate surface area is 103 Å². The normalized spacial score (nSPS) is 10.5. The minimum absolute atomic E-state index is 0.0990. The molecule has 2 nitrogen and oxygen atoms in total. The Hall–Kier alpha value is -0.540. The Morgan fingerprint density at radius 2 is 2.20 bits per heavy atom. The summed E-state index contributed by atoms with van der Waals surface area (Å²) in [4.78, 5) is 11.7. The molecule has 0 atom stereocenters. The van der Waals surface area contributed by atoms with Crippen LogP contribution in [0.4, 0.5) is 0 Å². The van der Waals surface area contributed by atoms with E-state index < -0.39 is 0 Å². The van der Waals surface area contributed by atoms with Crippen molar-refractivity contribution in [1.82, 2.24) is 5.32 Å². The van der Waals surface area contributed by atoms with Gasteiger partial charge in [-0.15, -0.1) is 0 Å². The van der Waals surface area contributed by atoms with Crippen LogP contribution >= 0.6 is 27.5 Å². The Bertz CT molecular complexity index is 366. The van der Waals surface area contributed by atoms with Crippen molar-refractivity contribution >= 4 is 33.4 Å².